The third-order valence-electron chi connectivity index (χ3n) is 2.79. The molecule has 0 radical (unpaired) electrons. The van der Waals surface area contributed by atoms with Crippen LogP contribution in [0.4, 0.5) is 0 Å². The summed E-state index contributed by atoms with van der Waals surface area (Å²) in [6.45, 7) is 9.84. The molecule has 0 aliphatic carbocycles. The van der Waals surface area contributed by atoms with Crippen molar-refractivity contribution in [1.82, 2.24) is 4.90 Å². The van der Waals surface area contributed by atoms with Crippen molar-refractivity contribution in [2.24, 2.45) is 11.7 Å². The van der Waals surface area contributed by atoms with Crippen LogP contribution in [0.25, 0.3) is 0 Å². The van der Waals surface area contributed by atoms with Crippen LogP contribution < -0.4 is 5.73 Å². The zero-order valence-corrected chi connectivity index (χ0v) is 11.3. The topological polar surface area (TPSA) is 29.3 Å². The third-order valence-corrected chi connectivity index (χ3v) is 3.20. The number of hydrogen-bond acceptors (Lipinski definition) is 2. The molecular weight excluding hydrogens is 204 g/mol. The van der Waals surface area contributed by atoms with Gasteiger partial charge in [0.2, 0.25) is 0 Å². The van der Waals surface area contributed by atoms with E-state index in [0.717, 1.165) is 13.1 Å². The van der Waals surface area contributed by atoms with E-state index in [1.165, 1.54) is 32.2 Å². The van der Waals surface area contributed by atoms with E-state index in [-0.39, 0.29) is 0 Å². The van der Waals surface area contributed by atoms with Gasteiger partial charge in [0.1, 0.15) is 0 Å². The maximum atomic E-state index is 5.62. The van der Waals surface area contributed by atoms with Crippen molar-refractivity contribution in [2.45, 2.75) is 46.5 Å². The molecule has 0 aromatic carbocycles. The minimum Gasteiger partial charge on any atom is -0.393 e. The molecule has 0 heterocycles. The lowest BCUT2D eigenvalue weighted by Crippen LogP contribution is -2.34. The fourth-order valence-corrected chi connectivity index (χ4v) is 1.69. The van der Waals surface area contributed by atoms with Gasteiger partial charge in [0.05, 0.1) is 4.99 Å². The van der Waals surface area contributed by atoms with Crippen molar-refractivity contribution >= 4 is 17.2 Å². The van der Waals surface area contributed by atoms with Crippen LogP contribution in [0.5, 0.6) is 0 Å². The molecule has 1 atom stereocenters. The highest BCUT2D eigenvalue weighted by molar-refractivity contribution is 7.80. The standard InChI is InChI=1S/C12H26N2S/c1-4-6-7-8-9-14(5-2)10-11(3)12(13)15/h11H,4-10H2,1-3H3,(H2,13,15). The first-order valence-corrected chi connectivity index (χ1v) is 6.54. The molecule has 0 fully saturated rings. The van der Waals surface area contributed by atoms with Gasteiger partial charge in [-0.15, -0.1) is 0 Å². The van der Waals surface area contributed by atoms with Gasteiger partial charge >= 0.3 is 0 Å². The number of thiocarbonyl (C=S) groups is 1. The molecule has 0 aromatic rings. The molecule has 0 saturated heterocycles. The lowest BCUT2D eigenvalue weighted by molar-refractivity contribution is 0.266. The molecule has 0 amide bonds. The van der Waals surface area contributed by atoms with E-state index in [9.17, 15) is 0 Å². The Kier molecular flexibility index (Phi) is 9.01. The number of unbranched alkanes of at least 4 members (excludes halogenated alkanes) is 3. The third kappa shape index (κ3) is 7.74. The zero-order valence-electron chi connectivity index (χ0n) is 10.5. The van der Waals surface area contributed by atoms with Crippen LogP contribution in [-0.2, 0) is 0 Å². The second-order valence-electron chi connectivity index (χ2n) is 4.26. The Bertz CT molecular complexity index is 171. The smallest absolute Gasteiger partial charge is 0.0768 e. The highest BCUT2D eigenvalue weighted by Gasteiger charge is 2.10. The maximum Gasteiger partial charge on any atom is 0.0768 e. The lowest BCUT2D eigenvalue weighted by atomic mass is 10.1. The van der Waals surface area contributed by atoms with E-state index in [1.807, 2.05) is 0 Å². The van der Waals surface area contributed by atoms with Crippen LogP contribution in [0.3, 0.4) is 0 Å². The van der Waals surface area contributed by atoms with E-state index in [0.29, 0.717) is 10.9 Å². The summed E-state index contributed by atoms with van der Waals surface area (Å²) in [5.74, 6) is 0.339. The summed E-state index contributed by atoms with van der Waals surface area (Å²) in [5.41, 5.74) is 5.62. The Morgan fingerprint density at radius 1 is 1.27 bits per heavy atom. The fourth-order valence-electron chi connectivity index (χ4n) is 1.62. The molecule has 2 nitrogen and oxygen atoms in total. The molecule has 0 spiro atoms. The SMILES string of the molecule is CCCCCCN(CC)CC(C)C(N)=S. The summed E-state index contributed by atoms with van der Waals surface area (Å²) in [7, 11) is 0. The molecule has 1 unspecified atom stereocenters. The van der Waals surface area contributed by atoms with Gasteiger partial charge in [-0.1, -0.05) is 52.3 Å². The molecule has 3 heteroatoms. The Morgan fingerprint density at radius 3 is 2.40 bits per heavy atom. The van der Waals surface area contributed by atoms with Crippen molar-refractivity contribution < 1.29 is 0 Å². The van der Waals surface area contributed by atoms with Gasteiger partial charge in [0.15, 0.2) is 0 Å². The Morgan fingerprint density at radius 2 is 1.93 bits per heavy atom. The number of rotatable bonds is 9. The van der Waals surface area contributed by atoms with Gasteiger partial charge in [-0.25, -0.2) is 0 Å². The first-order valence-electron chi connectivity index (χ1n) is 6.13. The van der Waals surface area contributed by atoms with E-state index in [4.69, 9.17) is 18.0 Å². The number of nitrogens with two attached hydrogens (primary N) is 1. The molecule has 0 bridgehead atoms. The van der Waals surface area contributed by atoms with E-state index in [1.54, 1.807) is 0 Å². The average Bonchev–Trinajstić information content (AvgIpc) is 2.22. The molecule has 90 valence electrons. The molecule has 0 aliphatic rings. The van der Waals surface area contributed by atoms with Crippen LogP contribution in [0.2, 0.25) is 0 Å². The van der Waals surface area contributed by atoms with Gasteiger partial charge in [0, 0.05) is 12.5 Å². The van der Waals surface area contributed by atoms with E-state index in [2.05, 4.69) is 25.7 Å². The van der Waals surface area contributed by atoms with Crippen LogP contribution in [0, 0.1) is 5.92 Å². The summed E-state index contributed by atoms with van der Waals surface area (Å²) < 4.78 is 0. The van der Waals surface area contributed by atoms with Crippen molar-refractivity contribution in [3.8, 4) is 0 Å². The van der Waals surface area contributed by atoms with Crippen molar-refractivity contribution in [3.05, 3.63) is 0 Å². The number of nitrogens with zero attached hydrogens (tertiary/aromatic N) is 1. The van der Waals surface area contributed by atoms with Crippen LogP contribution in [0.15, 0.2) is 0 Å². The van der Waals surface area contributed by atoms with Crippen LogP contribution in [-0.4, -0.2) is 29.5 Å². The van der Waals surface area contributed by atoms with E-state index < -0.39 is 0 Å². The molecule has 0 saturated carbocycles. The molecule has 15 heavy (non-hydrogen) atoms. The lowest BCUT2D eigenvalue weighted by Gasteiger charge is -2.23. The van der Waals surface area contributed by atoms with Gasteiger partial charge < -0.3 is 10.6 Å². The normalized spacial score (nSPS) is 13.1. The first kappa shape index (κ1) is 14.8. The summed E-state index contributed by atoms with van der Waals surface area (Å²) in [4.78, 5) is 3.08. The Hall–Kier alpha value is -0.150. The van der Waals surface area contributed by atoms with Crippen LogP contribution >= 0.6 is 12.2 Å². The molecule has 0 rings (SSSR count). The zero-order chi connectivity index (χ0) is 11.7. The Balaban J connectivity index is 3.67. The maximum absolute atomic E-state index is 5.62. The summed E-state index contributed by atoms with van der Waals surface area (Å²) in [6.07, 6.45) is 5.29. The average molecular weight is 230 g/mol. The van der Waals surface area contributed by atoms with Gasteiger partial charge in [-0.2, -0.15) is 0 Å². The first-order chi connectivity index (χ1) is 7.11. The van der Waals surface area contributed by atoms with Gasteiger partial charge in [-0.05, 0) is 19.5 Å². The second kappa shape index (κ2) is 9.10. The quantitative estimate of drug-likeness (QED) is 0.488. The van der Waals surface area contributed by atoms with Crippen molar-refractivity contribution in [1.29, 1.82) is 0 Å². The predicted molar refractivity (Wildman–Crippen MR) is 72.2 cm³/mol. The summed E-state index contributed by atoms with van der Waals surface area (Å²) in [6, 6.07) is 0. The van der Waals surface area contributed by atoms with Crippen LogP contribution in [0.1, 0.15) is 46.5 Å². The molecule has 2 N–H and O–H groups in total. The summed E-state index contributed by atoms with van der Waals surface area (Å²) >= 11 is 4.99. The summed E-state index contributed by atoms with van der Waals surface area (Å²) in [5, 5.41) is 0. The van der Waals surface area contributed by atoms with Gasteiger partial charge in [0.25, 0.3) is 0 Å². The fraction of sp³-hybridized carbons (Fsp3) is 0.917. The number of hydrogen-bond donors (Lipinski definition) is 1. The highest BCUT2D eigenvalue weighted by Crippen LogP contribution is 2.04. The minimum atomic E-state index is 0.339. The monoisotopic (exact) mass is 230 g/mol. The molecule has 0 aromatic heterocycles. The Labute approximate surface area is 100 Å². The van der Waals surface area contributed by atoms with Crippen molar-refractivity contribution in [2.75, 3.05) is 19.6 Å². The highest BCUT2D eigenvalue weighted by atomic mass is 32.1. The van der Waals surface area contributed by atoms with Gasteiger partial charge in [-0.3, -0.25) is 0 Å². The van der Waals surface area contributed by atoms with E-state index >= 15 is 0 Å². The second-order valence-corrected chi connectivity index (χ2v) is 4.73. The van der Waals surface area contributed by atoms with Crippen molar-refractivity contribution in [3.63, 3.8) is 0 Å². The molecular formula is C12H26N2S. The molecule has 0 aliphatic heterocycles. The predicted octanol–water partition coefficient (Wildman–Crippen LogP) is 2.81. The minimum absolute atomic E-state index is 0.339. The largest absolute Gasteiger partial charge is 0.393 e.